The Morgan fingerprint density at radius 2 is 1.83 bits per heavy atom. The SMILES string of the molecule is CCn1c(N2CC(C)CC(C)C2)c(/C=C2/SC(=S)N(CCc3ccccc3)C2=O)c(C)c(C#N)c1=O. The average Bonchev–Trinajstić information content (AvgIpc) is 3.11. The van der Waals surface area contributed by atoms with Gasteiger partial charge in [-0.05, 0) is 55.7 Å². The van der Waals surface area contributed by atoms with E-state index in [-0.39, 0.29) is 17.0 Å². The van der Waals surface area contributed by atoms with Crippen molar-refractivity contribution in [3.05, 3.63) is 67.8 Å². The number of hydrogen-bond donors (Lipinski definition) is 0. The molecule has 1 amide bonds. The maximum atomic E-state index is 13.4. The van der Waals surface area contributed by atoms with Crippen molar-refractivity contribution < 1.29 is 4.79 Å². The van der Waals surface area contributed by atoms with Crippen LogP contribution in [0.3, 0.4) is 0 Å². The number of aromatic nitrogens is 1. The lowest BCUT2D eigenvalue weighted by molar-refractivity contribution is -0.122. The molecule has 2 unspecified atom stereocenters. The average molecular weight is 521 g/mol. The lowest BCUT2D eigenvalue weighted by atomic mass is 9.91. The van der Waals surface area contributed by atoms with Crippen LogP contribution in [0.5, 0.6) is 0 Å². The molecule has 0 aliphatic carbocycles. The van der Waals surface area contributed by atoms with E-state index in [1.165, 1.54) is 11.8 Å². The molecule has 36 heavy (non-hydrogen) atoms. The van der Waals surface area contributed by atoms with E-state index in [0.717, 1.165) is 36.5 Å². The minimum atomic E-state index is -0.272. The molecular weight excluding hydrogens is 488 g/mol. The van der Waals surface area contributed by atoms with Crippen molar-refractivity contribution in [2.75, 3.05) is 24.5 Å². The lowest BCUT2D eigenvalue weighted by Gasteiger charge is -2.38. The molecule has 0 spiro atoms. The molecule has 0 N–H and O–H groups in total. The van der Waals surface area contributed by atoms with Gasteiger partial charge in [0.1, 0.15) is 21.8 Å². The molecule has 2 saturated heterocycles. The van der Waals surface area contributed by atoms with Crippen LogP contribution in [0.2, 0.25) is 0 Å². The van der Waals surface area contributed by atoms with Crippen LogP contribution in [0.4, 0.5) is 5.82 Å². The van der Waals surface area contributed by atoms with E-state index in [0.29, 0.717) is 46.1 Å². The molecule has 188 valence electrons. The Morgan fingerprint density at radius 3 is 2.44 bits per heavy atom. The first kappa shape index (κ1) is 26.2. The Labute approximate surface area is 222 Å². The molecule has 0 bridgehead atoms. The summed E-state index contributed by atoms with van der Waals surface area (Å²) >= 11 is 6.86. The van der Waals surface area contributed by atoms with Gasteiger partial charge in [0.25, 0.3) is 11.5 Å². The molecular formula is C28H32N4O2S2. The fraction of sp³-hybridized carbons (Fsp3) is 0.429. The van der Waals surface area contributed by atoms with Gasteiger partial charge in [-0.2, -0.15) is 5.26 Å². The van der Waals surface area contributed by atoms with E-state index in [4.69, 9.17) is 12.2 Å². The van der Waals surface area contributed by atoms with Crippen molar-refractivity contribution in [2.45, 2.75) is 47.1 Å². The normalized spacial score (nSPS) is 21.4. The third-order valence-corrected chi connectivity index (χ3v) is 8.32. The van der Waals surface area contributed by atoms with Crippen LogP contribution in [-0.2, 0) is 17.8 Å². The molecule has 2 atom stereocenters. The number of thioether (sulfide) groups is 1. The predicted octanol–water partition coefficient (Wildman–Crippen LogP) is 4.97. The van der Waals surface area contributed by atoms with Gasteiger partial charge in [0.2, 0.25) is 0 Å². The predicted molar refractivity (Wildman–Crippen MR) is 151 cm³/mol. The molecule has 0 saturated carbocycles. The zero-order chi connectivity index (χ0) is 26.0. The fourth-order valence-corrected chi connectivity index (χ4v) is 6.61. The van der Waals surface area contributed by atoms with E-state index in [2.05, 4.69) is 24.8 Å². The van der Waals surface area contributed by atoms with E-state index < -0.39 is 0 Å². The number of piperidine rings is 1. The van der Waals surface area contributed by atoms with E-state index in [1.807, 2.05) is 50.3 Å². The molecule has 2 aliphatic rings. The number of thiocarbonyl (C=S) groups is 1. The van der Waals surface area contributed by atoms with Crippen molar-refractivity contribution >= 4 is 46.1 Å². The second-order valence-electron chi connectivity index (χ2n) is 9.82. The van der Waals surface area contributed by atoms with Gasteiger partial charge in [0.15, 0.2) is 0 Å². The van der Waals surface area contributed by atoms with E-state index in [9.17, 15) is 14.9 Å². The Bertz CT molecular complexity index is 1300. The maximum absolute atomic E-state index is 13.4. The highest BCUT2D eigenvalue weighted by molar-refractivity contribution is 8.26. The first-order chi connectivity index (χ1) is 17.2. The lowest BCUT2D eigenvalue weighted by Crippen LogP contribution is -2.42. The van der Waals surface area contributed by atoms with Gasteiger partial charge in [0.05, 0.1) is 4.91 Å². The number of pyridine rings is 1. The molecule has 0 radical (unpaired) electrons. The van der Waals surface area contributed by atoms with Gasteiger partial charge in [-0.1, -0.05) is 68.2 Å². The van der Waals surface area contributed by atoms with Crippen LogP contribution >= 0.6 is 24.0 Å². The summed E-state index contributed by atoms with van der Waals surface area (Å²) in [6.07, 6.45) is 3.70. The van der Waals surface area contributed by atoms with Crippen molar-refractivity contribution in [1.82, 2.24) is 9.47 Å². The van der Waals surface area contributed by atoms with Crippen LogP contribution in [0.15, 0.2) is 40.0 Å². The van der Waals surface area contributed by atoms with Gasteiger partial charge in [-0.15, -0.1) is 0 Å². The molecule has 4 rings (SSSR count). The first-order valence-electron chi connectivity index (χ1n) is 12.5. The molecule has 3 heterocycles. The highest BCUT2D eigenvalue weighted by Crippen LogP contribution is 2.37. The zero-order valence-corrected chi connectivity index (χ0v) is 22.9. The Morgan fingerprint density at radius 1 is 1.17 bits per heavy atom. The summed E-state index contributed by atoms with van der Waals surface area (Å²) in [5.41, 5.74) is 2.38. The Hall–Kier alpha value is -2.89. The van der Waals surface area contributed by atoms with Crippen molar-refractivity contribution in [1.29, 1.82) is 5.26 Å². The second kappa shape index (κ2) is 11.0. The molecule has 6 nitrogen and oxygen atoms in total. The van der Waals surface area contributed by atoms with Crippen LogP contribution in [0.1, 0.15) is 49.4 Å². The van der Waals surface area contributed by atoms with Gasteiger partial charge in [0, 0.05) is 31.7 Å². The third-order valence-electron chi connectivity index (χ3n) is 6.95. The molecule has 2 fully saturated rings. The third kappa shape index (κ3) is 5.14. The van der Waals surface area contributed by atoms with Crippen LogP contribution in [0, 0.1) is 30.1 Å². The number of amides is 1. The summed E-state index contributed by atoms with van der Waals surface area (Å²) in [6, 6.07) is 12.1. The smallest absolute Gasteiger partial charge is 0.270 e. The number of carbonyl (C=O) groups is 1. The van der Waals surface area contributed by atoms with Gasteiger partial charge < -0.3 is 4.90 Å². The first-order valence-corrected chi connectivity index (χ1v) is 13.7. The highest BCUT2D eigenvalue weighted by atomic mass is 32.2. The van der Waals surface area contributed by atoms with Crippen molar-refractivity contribution in [3.8, 4) is 6.07 Å². The topological polar surface area (TPSA) is 69.3 Å². The fourth-order valence-electron chi connectivity index (χ4n) is 5.32. The number of carbonyl (C=O) groups excluding carboxylic acids is 1. The number of nitriles is 1. The van der Waals surface area contributed by atoms with Gasteiger partial charge in [-0.3, -0.25) is 19.1 Å². The standard InChI is InChI=1S/C28H32N4O2S2/c1-5-31-25(30-16-18(2)13-19(3)17-30)22(20(4)23(15-29)26(31)33)14-24-27(34)32(28(35)36-24)12-11-21-9-7-6-8-10-21/h6-10,14,18-19H,5,11-13,16-17H2,1-4H3/b24-14+. The van der Waals surface area contributed by atoms with Gasteiger partial charge in [-0.25, -0.2) is 0 Å². The maximum Gasteiger partial charge on any atom is 0.270 e. The molecule has 2 aliphatic heterocycles. The molecule has 1 aromatic heterocycles. The Balaban J connectivity index is 1.76. The number of hydrogen-bond acceptors (Lipinski definition) is 6. The number of rotatable bonds is 6. The monoisotopic (exact) mass is 520 g/mol. The molecule has 1 aromatic carbocycles. The Kier molecular flexibility index (Phi) is 8.01. The van der Waals surface area contributed by atoms with Crippen molar-refractivity contribution in [2.24, 2.45) is 11.8 Å². The number of anilines is 1. The van der Waals surface area contributed by atoms with Crippen LogP contribution < -0.4 is 10.5 Å². The summed E-state index contributed by atoms with van der Waals surface area (Å²) in [5, 5.41) is 9.81. The number of benzene rings is 1. The summed E-state index contributed by atoms with van der Waals surface area (Å²) < 4.78 is 2.23. The van der Waals surface area contributed by atoms with Gasteiger partial charge >= 0.3 is 0 Å². The quantitative estimate of drug-likeness (QED) is 0.396. The minimum Gasteiger partial charge on any atom is -0.357 e. The minimum absolute atomic E-state index is 0.126. The molecule has 8 heteroatoms. The largest absolute Gasteiger partial charge is 0.357 e. The second-order valence-corrected chi connectivity index (χ2v) is 11.5. The highest BCUT2D eigenvalue weighted by Gasteiger charge is 2.34. The van der Waals surface area contributed by atoms with Crippen molar-refractivity contribution in [3.63, 3.8) is 0 Å². The molecule has 2 aromatic rings. The summed E-state index contributed by atoms with van der Waals surface area (Å²) in [6.45, 7) is 10.8. The van der Waals surface area contributed by atoms with Crippen LogP contribution in [0.25, 0.3) is 6.08 Å². The number of nitrogens with zero attached hydrogens (tertiary/aromatic N) is 4. The van der Waals surface area contributed by atoms with E-state index >= 15 is 0 Å². The summed E-state index contributed by atoms with van der Waals surface area (Å²) in [7, 11) is 0. The van der Waals surface area contributed by atoms with Crippen LogP contribution in [-0.4, -0.2) is 39.3 Å². The van der Waals surface area contributed by atoms with E-state index in [1.54, 1.807) is 9.47 Å². The zero-order valence-electron chi connectivity index (χ0n) is 21.3. The summed E-state index contributed by atoms with van der Waals surface area (Å²) in [5.74, 6) is 1.63. The summed E-state index contributed by atoms with van der Waals surface area (Å²) in [4.78, 5) is 31.1.